The number of ether oxygens (including phenoxy) is 1. The van der Waals surface area contributed by atoms with Crippen LogP contribution in [0.3, 0.4) is 0 Å². The molecular formula is C17H14ClNO3. The summed E-state index contributed by atoms with van der Waals surface area (Å²) in [7, 11) is 0. The zero-order valence-corrected chi connectivity index (χ0v) is 12.5. The first-order chi connectivity index (χ1) is 10.7. The Bertz CT molecular complexity index is 715. The van der Waals surface area contributed by atoms with Crippen molar-refractivity contribution in [2.45, 2.75) is 12.5 Å². The molecule has 1 atom stereocenters. The number of nitrogens with one attached hydrogen (secondary N) is 1. The molecule has 2 aromatic carbocycles. The van der Waals surface area contributed by atoms with Crippen molar-refractivity contribution in [3.8, 4) is 0 Å². The van der Waals surface area contributed by atoms with E-state index >= 15 is 0 Å². The molecule has 1 aliphatic heterocycles. The summed E-state index contributed by atoms with van der Waals surface area (Å²) in [4.78, 5) is 24.2. The first-order valence-corrected chi connectivity index (χ1v) is 7.48. The molecule has 0 saturated carbocycles. The predicted octanol–water partition coefficient (Wildman–Crippen LogP) is 3.32. The van der Waals surface area contributed by atoms with Crippen LogP contribution in [0.15, 0.2) is 48.5 Å². The van der Waals surface area contributed by atoms with Gasteiger partial charge in [0, 0.05) is 17.1 Å². The first kappa shape index (κ1) is 14.6. The second kappa shape index (κ2) is 6.20. The first-order valence-electron chi connectivity index (χ1n) is 6.94. The topological polar surface area (TPSA) is 55.4 Å². The number of benzene rings is 2. The molecule has 5 heteroatoms. The van der Waals surface area contributed by atoms with Crippen LogP contribution in [0.2, 0.25) is 0 Å². The number of amides is 1. The zero-order valence-electron chi connectivity index (χ0n) is 11.7. The van der Waals surface area contributed by atoms with Gasteiger partial charge < -0.3 is 10.1 Å². The maximum absolute atomic E-state index is 12.1. The van der Waals surface area contributed by atoms with Crippen LogP contribution in [0.25, 0.3) is 0 Å². The van der Waals surface area contributed by atoms with E-state index in [9.17, 15) is 9.59 Å². The Kier molecular flexibility index (Phi) is 4.11. The summed E-state index contributed by atoms with van der Waals surface area (Å²) in [5, 5.41) is 2.72. The van der Waals surface area contributed by atoms with E-state index in [-0.39, 0.29) is 5.91 Å². The van der Waals surface area contributed by atoms with Crippen molar-refractivity contribution >= 4 is 29.2 Å². The van der Waals surface area contributed by atoms with E-state index in [0.717, 1.165) is 5.56 Å². The largest absolute Gasteiger partial charge is 0.444 e. The van der Waals surface area contributed by atoms with Crippen LogP contribution in [0, 0.1) is 0 Å². The molecule has 2 aromatic rings. The summed E-state index contributed by atoms with van der Waals surface area (Å²) >= 11 is 5.75. The van der Waals surface area contributed by atoms with Gasteiger partial charge in [0.25, 0.3) is 5.91 Å². The highest BCUT2D eigenvalue weighted by molar-refractivity contribution is 6.18. The van der Waals surface area contributed by atoms with Gasteiger partial charge in [0.1, 0.15) is 0 Å². The molecule has 22 heavy (non-hydrogen) atoms. The third-order valence-electron chi connectivity index (χ3n) is 3.51. The second-order valence-electron chi connectivity index (χ2n) is 5.00. The lowest BCUT2D eigenvalue weighted by Gasteiger charge is -2.11. The monoisotopic (exact) mass is 315 g/mol. The highest BCUT2D eigenvalue weighted by atomic mass is 35.5. The highest BCUT2D eigenvalue weighted by Crippen LogP contribution is 2.34. The van der Waals surface area contributed by atoms with Gasteiger partial charge >= 0.3 is 5.97 Å². The maximum atomic E-state index is 12.1. The van der Waals surface area contributed by atoms with Crippen molar-refractivity contribution < 1.29 is 14.3 Å². The zero-order chi connectivity index (χ0) is 15.5. The van der Waals surface area contributed by atoms with Gasteiger partial charge in [-0.1, -0.05) is 24.3 Å². The number of aryl methyl sites for hydroxylation is 1. The molecule has 1 amide bonds. The molecule has 1 N–H and O–H groups in total. The normalized spacial score (nSPS) is 16.0. The lowest BCUT2D eigenvalue weighted by molar-refractivity contribution is -0.124. The van der Waals surface area contributed by atoms with E-state index < -0.39 is 12.1 Å². The molecule has 0 fully saturated rings. The van der Waals surface area contributed by atoms with Crippen molar-refractivity contribution in [1.29, 1.82) is 0 Å². The molecular weight excluding hydrogens is 302 g/mol. The van der Waals surface area contributed by atoms with Gasteiger partial charge in [0.2, 0.25) is 6.10 Å². The molecule has 3 rings (SSSR count). The molecule has 1 aliphatic rings. The van der Waals surface area contributed by atoms with Crippen molar-refractivity contribution in [2.24, 2.45) is 0 Å². The molecule has 0 aliphatic carbocycles. The number of alkyl halides is 1. The number of hydrogen-bond donors (Lipinski definition) is 1. The predicted molar refractivity (Wildman–Crippen MR) is 84.1 cm³/mol. The van der Waals surface area contributed by atoms with Crippen LogP contribution in [-0.2, 0) is 16.0 Å². The van der Waals surface area contributed by atoms with Crippen LogP contribution < -0.4 is 5.32 Å². The van der Waals surface area contributed by atoms with Crippen molar-refractivity contribution in [3.05, 3.63) is 65.2 Å². The maximum Gasteiger partial charge on any atom is 0.339 e. The van der Waals surface area contributed by atoms with Gasteiger partial charge in [-0.3, -0.25) is 4.79 Å². The van der Waals surface area contributed by atoms with Crippen LogP contribution in [-0.4, -0.2) is 17.8 Å². The minimum absolute atomic E-state index is 0.331. The summed E-state index contributed by atoms with van der Waals surface area (Å²) < 4.78 is 5.39. The standard InChI is InChI=1S/C17H14ClNO3/c18-9-8-11-6-7-14-13(10-11)15(16(20)19-14)22-17(21)12-4-2-1-3-5-12/h1-7,10,15H,8-9H2,(H,19,20). The van der Waals surface area contributed by atoms with Crippen molar-refractivity contribution in [2.75, 3.05) is 11.2 Å². The third-order valence-corrected chi connectivity index (χ3v) is 3.70. The van der Waals surface area contributed by atoms with Crippen LogP contribution in [0.4, 0.5) is 5.69 Å². The average molecular weight is 316 g/mol. The average Bonchev–Trinajstić information content (AvgIpc) is 2.84. The fourth-order valence-electron chi connectivity index (χ4n) is 2.41. The number of carbonyl (C=O) groups is 2. The van der Waals surface area contributed by atoms with Gasteiger partial charge in [-0.15, -0.1) is 11.6 Å². The number of carbonyl (C=O) groups excluding carboxylic acids is 2. The molecule has 4 nitrogen and oxygen atoms in total. The summed E-state index contributed by atoms with van der Waals surface area (Å²) in [6, 6.07) is 14.2. The quantitative estimate of drug-likeness (QED) is 0.695. The fourth-order valence-corrected chi connectivity index (χ4v) is 2.63. The third kappa shape index (κ3) is 2.83. The van der Waals surface area contributed by atoms with E-state index in [4.69, 9.17) is 16.3 Å². The van der Waals surface area contributed by atoms with Crippen LogP contribution >= 0.6 is 11.6 Å². The molecule has 0 radical (unpaired) electrons. The van der Waals surface area contributed by atoms with Gasteiger partial charge in [-0.2, -0.15) is 0 Å². The van der Waals surface area contributed by atoms with Gasteiger partial charge in [0.15, 0.2) is 0 Å². The molecule has 112 valence electrons. The van der Waals surface area contributed by atoms with E-state index in [2.05, 4.69) is 5.32 Å². The summed E-state index contributed by atoms with van der Waals surface area (Å²) in [5.41, 5.74) is 2.78. The lowest BCUT2D eigenvalue weighted by atomic mass is 10.0. The number of anilines is 1. The second-order valence-corrected chi connectivity index (χ2v) is 5.38. The molecule has 0 aromatic heterocycles. The van der Waals surface area contributed by atoms with Crippen LogP contribution in [0.5, 0.6) is 0 Å². The number of halogens is 1. The summed E-state index contributed by atoms with van der Waals surface area (Å²) in [6.07, 6.45) is -0.222. The molecule has 1 unspecified atom stereocenters. The highest BCUT2D eigenvalue weighted by Gasteiger charge is 2.34. The van der Waals surface area contributed by atoms with Crippen molar-refractivity contribution in [1.82, 2.24) is 0 Å². The Labute approximate surface area is 133 Å². The fraction of sp³-hybridized carbons (Fsp3) is 0.176. The lowest BCUT2D eigenvalue weighted by Crippen LogP contribution is -2.19. The Morgan fingerprint density at radius 2 is 1.95 bits per heavy atom. The van der Waals surface area contributed by atoms with E-state index in [1.807, 2.05) is 24.3 Å². The Morgan fingerprint density at radius 1 is 1.18 bits per heavy atom. The molecule has 0 saturated heterocycles. The minimum Gasteiger partial charge on any atom is -0.444 e. The molecule has 1 heterocycles. The van der Waals surface area contributed by atoms with E-state index in [1.54, 1.807) is 24.3 Å². The van der Waals surface area contributed by atoms with E-state index in [1.165, 1.54) is 0 Å². The van der Waals surface area contributed by atoms with Gasteiger partial charge in [-0.05, 0) is 36.2 Å². The smallest absolute Gasteiger partial charge is 0.339 e. The summed E-state index contributed by atoms with van der Waals surface area (Å²) in [5.74, 6) is -0.354. The van der Waals surface area contributed by atoms with Crippen molar-refractivity contribution in [3.63, 3.8) is 0 Å². The Morgan fingerprint density at radius 3 is 2.68 bits per heavy atom. The number of esters is 1. The minimum atomic E-state index is -0.919. The summed E-state index contributed by atoms with van der Waals surface area (Å²) in [6.45, 7) is 0. The van der Waals surface area contributed by atoms with Crippen LogP contribution in [0.1, 0.15) is 27.6 Å². The number of fused-ring (bicyclic) bond motifs is 1. The van der Waals surface area contributed by atoms with Gasteiger partial charge in [-0.25, -0.2) is 4.79 Å². The molecule has 0 spiro atoms. The Balaban J connectivity index is 1.85. The number of rotatable bonds is 4. The molecule has 0 bridgehead atoms. The SMILES string of the molecule is O=C(OC1C(=O)Nc2ccc(CCCl)cc21)c1ccccc1. The number of hydrogen-bond acceptors (Lipinski definition) is 3. The Hall–Kier alpha value is -2.33. The van der Waals surface area contributed by atoms with E-state index in [0.29, 0.717) is 29.1 Å². The van der Waals surface area contributed by atoms with Gasteiger partial charge in [0.05, 0.1) is 5.56 Å².